The molecule has 2 heterocycles. The van der Waals surface area contributed by atoms with Crippen LogP contribution in [-0.4, -0.2) is 22.0 Å². The molecule has 0 atom stereocenters. The van der Waals surface area contributed by atoms with Gasteiger partial charge in [0.05, 0.1) is 0 Å². The number of thiophene rings is 1. The zero-order chi connectivity index (χ0) is 20.1. The highest BCUT2D eigenvalue weighted by Gasteiger charge is 2.21. The Morgan fingerprint density at radius 1 is 1.14 bits per heavy atom. The van der Waals surface area contributed by atoms with Crippen LogP contribution in [0.5, 0.6) is 0 Å². The van der Waals surface area contributed by atoms with Crippen molar-refractivity contribution in [2.24, 2.45) is 5.41 Å². The van der Waals surface area contributed by atoms with Crippen LogP contribution in [0.25, 0.3) is 11.4 Å². The lowest BCUT2D eigenvalue weighted by molar-refractivity contribution is -0.123. The van der Waals surface area contributed by atoms with Crippen LogP contribution < -0.4 is 10.6 Å². The lowest BCUT2D eigenvalue weighted by Gasteiger charge is -2.18. The van der Waals surface area contributed by atoms with E-state index in [9.17, 15) is 9.59 Å². The molecule has 0 aliphatic heterocycles. The van der Waals surface area contributed by atoms with E-state index in [4.69, 9.17) is 4.52 Å². The molecule has 3 aromatic rings. The Morgan fingerprint density at radius 2 is 1.89 bits per heavy atom. The predicted octanol–water partition coefficient (Wildman–Crippen LogP) is 4.35. The number of aromatic nitrogens is 2. The van der Waals surface area contributed by atoms with E-state index < -0.39 is 5.41 Å². The van der Waals surface area contributed by atoms with Crippen LogP contribution in [0.15, 0.2) is 45.6 Å². The molecule has 0 saturated heterocycles. The molecule has 2 amide bonds. The van der Waals surface area contributed by atoms with Gasteiger partial charge in [-0.15, -0.1) is 0 Å². The van der Waals surface area contributed by atoms with Crippen molar-refractivity contribution < 1.29 is 14.1 Å². The van der Waals surface area contributed by atoms with E-state index in [-0.39, 0.29) is 18.2 Å². The first kappa shape index (κ1) is 19.8. The summed E-state index contributed by atoms with van der Waals surface area (Å²) in [4.78, 5) is 28.6. The number of carbonyl (C=O) groups is 2. The number of hydrogen-bond donors (Lipinski definition) is 2. The molecular weight excluding hydrogens is 376 g/mol. The van der Waals surface area contributed by atoms with Crippen LogP contribution >= 0.6 is 11.3 Å². The molecule has 2 aromatic heterocycles. The van der Waals surface area contributed by atoms with Crippen molar-refractivity contribution in [1.29, 1.82) is 0 Å². The monoisotopic (exact) mass is 398 g/mol. The minimum absolute atomic E-state index is 0.0891. The van der Waals surface area contributed by atoms with Crippen LogP contribution in [-0.2, 0) is 16.0 Å². The first-order valence-corrected chi connectivity index (χ1v) is 9.82. The Kier molecular flexibility index (Phi) is 5.89. The van der Waals surface area contributed by atoms with Gasteiger partial charge in [-0.1, -0.05) is 32.0 Å². The quantitative estimate of drug-likeness (QED) is 0.643. The standard InChI is InChI=1S/C20H22N4O3S/c1-20(2,3)19(26)22-15-6-4-5-14(11-15)21-16(25)7-8-17-23-18(24-27-17)13-9-10-28-12-13/h4-6,9-12H,7-8H2,1-3H3,(H,21,25)(H,22,26). The molecule has 7 nitrogen and oxygen atoms in total. The molecule has 0 unspecified atom stereocenters. The third-order valence-electron chi connectivity index (χ3n) is 3.90. The van der Waals surface area contributed by atoms with Gasteiger partial charge >= 0.3 is 0 Å². The maximum absolute atomic E-state index is 12.2. The topological polar surface area (TPSA) is 97.1 Å². The van der Waals surface area contributed by atoms with E-state index in [0.29, 0.717) is 29.5 Å². The molecule has 1 aromatic carbocycles. The van der Waals surface area contributed by atoms with Crippen molar-refractivity contribution in [2.75, 3.05) is 10.6 Å². The Hall–Kier alpha value is -3.00. The second-order valence-electron chi connectivity index (χ2n) is 7.36. The van der Waals surface area contributed by atoms with Crippen LogP contribution in [0, 0.1) is 5.41 Å². The Labute approximate surface area is 167 Å². The van der Waals surface area contributed by atoms with Gasteiger partial charge in [-0.05, 0) is 29.6 Å². The molecule has 0 aliphatic rings. The Balaban J connectivity index is 1.54. The smallest absolute Gasteiger partial charge is 0.229 e. The molecule has 0 aliphatic carbocycles. The lowest BCUT2D eigenvalue weighted by Crippen LogP contribution is -2.27. The number of anilines is 2. The summed E-state index contributed by atoms with van der Waals surface area (Å²) in [6, 6.07) is 8.97. The van der Waals surface area contributed by atoms with E-state index in [1.807, 2.05) is 37.6 Å². The molecule has 2 N–H and O–H groups in total. The molecule has 0 bridgehead atoms. The molecule has 28 heavy (non-hydrogen) atoms. The number of hydrogen-bond acceptors (Lipinski definition) is 6. The highest BCUT2D eigenvalue weighted by Crippen LogP contribution is 2.21. The molecule has 0 fully saturated rings. The summed E-state index contributed by atoms with van der Waals surface area (Å²) in [5.41, 5.74) is 1.65. The van der Waals surface area contributed by atoms with Crippen molar-refractivity contribution in [3.05, 3.63) is 47.0 Å². The zero-order valence-electron chi connectivity index (χ0n) is 16.0. The highest BCUT2D eigenvalue weighted by atomic mass is 32.1. The largest absolute Gasteiger partial charge is 0.339 e. The fourth-order valence-electron chi connectivity index (χ4n) is 2.30. The van der Waals surface area contributed by atoms with E-state index in [0.717, 1.165) is 5.56 Å². The minimum Gasteiger partial charge on any atom is -0.339 e. The lowest BCUT2D eigenvalue weighted by atomic mass is 9.95. The third-order valence-corrected chi connectivity index (χ3v) is 4.58. The van der Waals surface area contributed by atoms with Gasteiger partial charge in [0, 0.05) is 40.6 Å². The summed E-state index contributed by atoms with van der Waals surface area (Å²) in [5, 5.41) is 13.5. The molecule has 8 heteroatoms. The SMILES string of the molecule is CC(C)(C)C(=O)Nc1cccc(NC(=O)CCc2nc(-c3ccsc3)no2)c1. The van der Waals surface area contributed by atoms with Gasteiger partial charge < -0.3 is 15.2 Å². The van der Waals surface area contributed by atoms with Crippen molar-refractivity contribution in [3.8, 4) is 11.4 Å². The number of rotatable bonds is 6. The van der Waals surface area contributed by atoms with Gasteiger partial charge in [0.25, 0.3) is 0 Å². The zero-order valence-corrected chi connectivity index (χ0v) is 16.8. The molecular formula is C20H22N4O3S. The van der Waals surface area contributed by atoms with Gasteiger partial charge in [0.2, 0.25) is 23.5 Å². The van der Waals surface area contributed by atoms with Gasteiger partial charge in [-0.25, -0.2) is 0 Å². The molecule has 0 spiro atoms. The van der Waals surface area contributed by atoms with E-state index in [1.165, 1.54) is 0 Å². The number of benzene rings is 1. The number of amides is 2. The van der Waals surface area contributed by atoms with E-state index in [1.54, 1.807) is 35.6 Å². The van der Waals surface area contributed by atoms with E-state index >= 15 is 0 Å². The van der Waals surface area contributed by atoms with Crippen molar-refractivity contribution in [1.82, 2.24) is 10.1 Å². The van der Waals surface area contributed by atoms with Crippen LogP contribution in [0.2, 0.25) is 0 Å². The maximum Gasteiger partial charge on any atom is 0.229 e. The van der Waals surface area contributed by atoms with Crippen LogP contribution in [0.3, 0.4) is 0 Å². The number of nitrogens with zero attached hydrogens (tertiary/aromatic N) is 2. The third kappa shape index (κ3) is 5.26. The molecule has 0 saturated carbocycles. The fourth-order valence-corrected chi connectivity index (χ4v) is 2.94. The van der Waals surface area contributed by atoms with Gasteiger partial charge in [-0.2, -0.15) is 16.3 Å². The normalized spacial score (nSPS) is 11.2. The summed E-state index contributed by atoms with van der Waals surface area (Å²) in [7, 11) is 0. The fraction of sp³-hybridized carbons (Fsp3) is 0.300. The average molecular weight is 398 g/mol. The van der Waals surface area contributed by atoms with Crippen molar-refractivity contribution in [2.45, 2.75) is 33.6 Å². The number of nitrogens with one attached hydrogen (secondary N) is 2. The summed E-state index contributed by atoms with van der Waals surface area (Å²) in [6.45, 7) is 5.53. The molecule has 3 rings (SSSR count). The minimum atomic E-state index is -0.495. The Bertz CT molecular complexity index is 958. The highest BCUT2D eigenvalue weighted by molar-refractivity contribution is 7.08. The first-order valence-electron chi connectivity index (χ1n) is 8.88. The number of carbonyl (C=O) groups excluding carboxylic acids is 2. The van der Waals surface area contributed by atoms with E-state index in [2.05, 4.69) is 20.8 Å². The molecule has 0 radical (unpaired) electrons. The average Bonchev–Trinajstić information content (AvgIpc) is 3.31. The molecule has 146 valence electrons. The second kappa shape index (κ2) is 8.35. The summed E-state index contributed by atoms with van der Waals surface area (Å²) < 4.78 is 5.20. The van der Waals surface area contributed by atoms with Crippen LogP contribution in [0.4, 0.5) is 11.4 Å². The van der Waals surface area contributed by atoms with Crippen molar-refractivity contribution in [3.63, 3.8) is 0 Å². The predicted molar refractivity (Wildman–Crippen MR) is 109 cm³/mol. The van der Waals surface area contributed by atoms with Gasteiger partial charge in [0.1, 0.15) is 0 Å². The van der Waals surface area contributed by atoms with Crippen LogP contribution in [0.1, 0.15) is 33.1 Å². The summed E-state index contributed by atoms with van der Waals surface area (Å²) in [6.07, 6.45) is 0.563. The van der Waals surface area contributed by atoms with Crippen molar-refractivity contribution >= 4 is 34.5 Å². The van der Waals surface area contributed by atoms with Gasteiger partial charge in [0.15, 0.2) is 0 Å². The Morgan fingerprint density at radius 3 is 2.57 bits per heavy atom. The first-order chi connectivity index (χ1) is 13.3. The number of aryl methyl sites for hydroxylation is 1. The second-order valence-corrected chi connectivity index (χ2v) is 8.14. The van der Waals surface area contributed by atoms with Gasteiger partial charge in [-0.3, -0.25) is 9.59 Å². The maximum atomic E-state index is 12.2. The summed E-state index contributed by atoms with van der Waals surface area (Å²) >= 11 is 1.56. The summed E-state index contributed by atoms with van der Waals surface area (Å²) in [5.74, 6) is 0.685.